The van der Waals surface area contributed by atoms with Crippen molar-refractivity contribution in [2.75, 3.05) is 149 Å². The summed E-state index contributed by atoms with van der Waals surface area (Å²) in [5, 5.41) is 0. The van der Waals surface area contributed by atoms with Crippen molar-refractivity contribution in [1.82, 2.24) is 34.8 Å². The van der Waals surface area contributed by atoms with Gasteiger partial charge in [-0.05, 0) is 177 Å². The van der Waals surface area contributed by atoms with Crippen LogP contribution in [0.15, 0.2) is 18.2 Å². The third-order valence-electron chi connectivity index (χ3n) is 19.9. The van der Waals surface area contributed by atoms with Crippen LogP contribution in [-0.2, 0) is 0 Å². The summed E-state index contributed by atoms with van der Waals surface area (Å²) in [6, 6.07) is 5.87. The Bertz CT molecular complexity index is 2070. The third-order valence-corrected chi connectivity index (χ3v) is 19.9. The first-order chi connectivity index (χ1) is 47.3. The Morgan fingerprint density at radius 1 is 0.337 bits per heavy atom. The van der Waals surface area contributed by atoms with Gasteiger partial charge in [0.15, 0.2) is 0 Å². The highest BCUT2D eigenvalue weighted by Gasteiger charge is 2.27. The number of hydrogen-bond donors (Lipinski definition) is 0. The van der Waals surface area contributed by atoms with Crippen LogP contribution in [-0.4, -0.2) is 154 Å². The van der Waals surface area contributed by atoms with Crippen LogP contribution in [0.3, 0.4) is 0 Å². The van der Waals surface area contributed by atoms with Crippen molar-refractivity contribution in [3.63, 3.8) is 0 Å². The Hall–Kier alpha value is -4.60. The highest BCUT2D eigenvalue weighted by Crippen LogP contribution is 2.33. The molecule has 0 unspecified atom stereocenters. The summed E-state index contributed by atoms with van der Waals surface area (Å²) < 4.78 is 17.3. The monoisotopic (exact) mass is 1370 g/mol. The van der Waals surface area contributed by atoms with Gasteiger partial charge in [-0.15, -0.1) is 0 Å². The van der Waals surface area contributed by atoms with Gasteiger partial charge >= 0.3 is 0 Å². The fraction of sp³-hybridized carbons (Fsp3) is 0.854. The standard InChI is InChI=1S/C21H36N6.C18H36N6.C18H30O3.C9H21N.C9H18.C7H16/c1-16-4-10-25(11-5-16)19-22-20(26-12-6-17(2)7-13-26)24-21(23-19)27-14-8-18(3)9-15-27;1-7-10-13-22(4)16-19-17(23(5)14-11-8-2)21-18(20-16)24(6)15-12-9-3;1-4-7-10-19-16-13-17(20-11-8-5-2)15-18(14-16)21-12-9-6-3;1-4-7-10(8-5-2)9-6-3;1-7-4-8(2)6-9(3)5-7;1-4-7(5-2)6-3/h16-18H,4-15H2,1-3H3;7-15H2,1-6H3;13-15H,4-12H2,1-3H3;4-9H2,1-3H3;7-9H,4-6H2,1-3H3;7H,4-6H2,1-3H3. The number of aromatic nitrogens is 6. The molecule has 0 atom stereocenters. The van der Waals surface area contributed by atoms with Crippen LogP contribution < -0.4 is 43.6 Å². The second kappa shape index (κ2) is 55.1. The molecule has 4 fully saturated rings. The summed E-state index contributed by atoms with van der Waals surface area (Å²) in [4.78, 5) is 45.0. The average Bonchev–Trinajstić information content (AvgIpc) is 0.816. The fourth-order valence-corrected chi connectivity index (χ4v) is 13.0. The molecule has 1 aliphatic carbocycles. The number of rotatable bonds is 36. The number of unbranched alkanes of at least 4 members (excludes halogenated alkanes) is 6. The maximum atomic E-state index is 5.78. The smallest absolute Gasteiger partial charge is 0.231 e. The first kappa shape index (κ1) is 89.5. The molecule has 0 spiro atoms. The highest BCUT2D eigenvalue weighted by atomic mass is 16.5. The van der Waals surface area contributed by atoms with Gasteiger partial charge in [0.05, 0.1) is 19.8 Å². The molecule has 3 aromatic rings. The number of nitrogens with zero attached hydrogens (tertiary/aromatic N) is 13. The van der Waals surface area contributed by atoms with Crippen LogP contribution in [0.4, 0.5) is 35.7 Å². The lowest BCUT2D eigenvalue weighted by molar-refractivity contribution is 0.233. The molecule has 16 heteroatoms. The Morgan fingerprint density at radius 2 is 0.582 bits per heavy atom. The molecule has 98 heavy (non-hydrogen) atoms. The van der Waals surface area contributed by atoms with E-state index in [0.29, 0.717) is 0 Å². The molecule has 3 saturated heterocycles. The number of anilines is 6. The Labute approximate surface area is 605 Å². The molecule has 0 bridgehead atoms. The average molecular weight is 1370 g/mol. The van der Waals surface area contributed by atoms with Gasteiger partial charge in [0.25, 0.3) is 0 Å². The second-order valence-electron chi connectivity index (χ2n) is 30.0. The lowest BCUT2D eigenvalue weighted by Crippen LogP contribution is -2.39. The van der Waals surface area contributed by atoms with E-state index in [-0.39, 0.29) is 0 Å². The molecule has 1 saturated carbocycles. The van der Waals surface area contributed by atoms with E-state index in [1.54, 1.807) is 0 Å². The molecule has 4 aliphatic rings. The minimum atomic E-state index is 0.739. The van der Waals surface area contributed by atoms with E-state index in [0.717, 1.165) is 231 Å². The van der Waals surface area contributed by atoms with Crippen LogP contribution in [0.1, 0.15) is 298 Å². The number of hydrogen-bond acceptors (Lipinski definition) is 16. The van der Waals surface area contributed by atoms with Gasteiger partial charge in [-0.3, -0.25) is 0 Å². The van der Waals surface area contributed by atoms with E-state index in [1.807, 2.05) is 18.2 Å². The molecule has 5 heterocycles. The van der Waals surface area contributed by atoms with E-state index in [2.05, 4.69) is 180 Å². The highest BCUT2D eigenvalue weighted by molar-refractivity contribution is 5.48. The third kappa shape index (κ3) is 38.4. The molecule has 0 amide bonds. The maximum absolute atomic E-state index is 5.78. The van der Waals surface area contributed by atoms with E-state index in [4.69, 9.17) is 44.1 Å². The Kier molecular flexibility index (Phi) is 50.3. The first-order valence-electron chi connectivity index (χ1n) is 40.9. The molecular weight excluding hydrogens is 1210 g/mol. The Balaban J connectivity index is 0.000000425. The SMILES string of the molecule is CC1CC(C)CC(C)C1.CC1CCN(c2nc(N3CCC(C)CC3)nc(N3CCC(C)CC3)n2)CC1.CCC(CC)CC.CCCCN(C)c1nc(N(C)CCCC)nc(N(C)CCCC)n1.CCCCOc1cc(OCCCC)cc(OCCCC)c1.CCCN(CCC)CCC. The zero-order valence-corrected chi connectivity index (χ0v) is 68.0. The van der Waals surface area contributed by atoms with Gasteiger partial charge < -0.3 is 48.5 Å². The first-order valence-corrected chi connectivity index (χ1v) is 40.9. The lowest BCUT2D eigenvalue weighted by Gasteiger charge is -2.35. The minimum absolute atomic E-state index is 0.739. The number of piperidine rings is 3. The number of ether oxygens (including phenoxy) is 3. The van der Waals surface area contributed by atoms with E-state index in [1.165, 1.54) is 135 Å². The van der Waals surface area contributed by atoms with Gasteiger partial charge in [-0.1, -0.05) is 182 Å². The molecule has 1 aromatic carbocycles. The predicted molar refractivity (Wildman–Crippen MR) is 427 cm³/mol. The molecule has 0 radical (unpaired) electrons. The van der Waals surface area contributed by atoms with Crippen molar-refractivity contribution in [1.29, 1.82) is 0 Å². The van der Waals surface area contributed by atoms with Gasteiger partial charge in [0, 0.05) is 98.2 Å². The van der Waals surface area contributed by atoms with Crippen LogP contribution in [0.2, 0.25) is 0 Å². The fourth-order valence-electron chi connectivity index (χ4n) is 13.0. The molecule has 0 N–H and O–H groups in total. The molecule has 3 aliphatic heterocycles. The van der Waals surface area contributed by atoms with Crippen molar-refractivity contribution < 1.29 is 14.2 Å². The van der Waals surface area contributed by atoms with Gasteiger partial charge in [0.2, 0.25) is 35.7 Å². The van der Waals surface area contributed by atoms with E-state index >= 15 is 0 Å². The van der Waals surface area contributed by atoms with Crippen molar-refractivity contribution in [3.8, 4) is 17.2 Å². The predicted octanol–water partition coefficient (Wildman–Crippen LogP) is 20.8. The summed E-state index contributed by atoms with van der Waals surface area (Å²) in [6.45, 7) is 56.2. The van der Waals surface area contributed by atoms with E-state index in [9.17, 15) is 0 Å². The van der Waals surface area contributed by atoms with Crippen LogP contribution in [0.5, 0.6) is 17.2 Å². The van der Waals surface area contributed by atoms with E-state index < -0.39 is 0 Å². The molecule has 2 aromatic heterocycles. The lowest BCUT2D eigenvalue weighted by atomic mass is 9.78. The molecule has 7 rings (SSSR count). The van der Waals surface area contributed by atoms with Crippen molar-refractivity contribution in [2.24, 2.45) is 41.4 Å². The maximum Gasteiger partial charge on any atom is 0.231 e. The summed E-state index contributed by atoms with van der Waals surface area (Å²) >= 11 is 0. The summed E-state index contributed by atoms with van der Waals surface area (Å²) in [5.74, 6) is 13.9. The van der Waals surface area contributed by atoms with Gasteiger partial charge in [-0.2, -0.15) is 29.9 Å². The van der Waals surface area contributed by atoms with Crippen LogP contribution in [0, 0.1) is 41.4 Å². The largest absolute Gasteiger partial charge is 0.493 e. The zero-order chi connectivity index (χ0) is 72.5. The topological polar surface area (TPSA) is 128 Å². The molecule has 16 nitrogen and oxygen atoms in total. The van der Waals surface area contributed by atoms with Gasteiger partial charge in [0.1, 0.15) is 17.2 Å². The van der Waals surface area contributed by atoms with Crippen LogP contribution >= 0.6 is 0 Å². The molecule has 568 valence electrons. The van der Waals surface area contributed by atoms with Crippen LogP contribution in [0.25, 0.3) is 0 Å². The van der Waals surface area contributed by atoms with Crippen molar-refractivity contribution >= 4 is 35.7 Å². The van der Waals surface area contributed by atoms with Crippen molar-refractivity contribution in [3.05, 3.63) is 18.2 Å². The Morgan fingerprint density at radius 3 is 0.786 bits per heavy atom. The normalized spacial score (nSPS) is 17.4. The number of benzene rings is 1. The zero-order valence-electron chi connectivity index (χ0n) is 68.0. The summed E-state index contributed by atoms with van der Waals surface area (Å²) in [7, 11) is 6.20. The second-order valence-corrected chi connectivity index (χ2v) is 30.0. The minimum Gasteiger partial charge on any atom is -0.493 e. The summed E-state index contributed by atoms with van der Waals surface area (Å²) in [5.41, 5.74) is 0. The van der Waals surface area contributed by atoms with Crippen molar-refractivity contribution in [2.45, 2.75) is 298 Å². The van der Waals surface area contributed by atoms with Gasteiger partial charge in [-0.25, -0.2) is 0 Å². The summed E-state index contributed by atoms with van der Waals surface area (Å²) in [6.07, 6.45) is 33.3. The quantitative estimate of drug-likeness (QED) is 0.0512. The molecular formula is C82H157N13O3.